The summed E-state index contributed by atoms with van der Waals surface area (Å²) in [6, 6.07) is 13.3. The number of benzene rings is 3. The van der Waals surface area contributed by atoms with Crippen molar-refractivity contribution in [3.8, 4) is 11.5 Å². The third-order valence-electron chi connectivity index (χ3n) is 4.45. The Labute approximate surface area is 176 Å². The van der Waals surface area contributed by atoms with Gasteiger partial charge in [-0.15, -0.1) is 0 Å². The van der Waals surface area contributed by atoms with E-state index < -0.39 is 15.5 Å². The number of ether oxygens (including phenoxy) is 1. The Morgan fingerprint density at radius 1 is 1.03 bits per heavy atom. The second-order valence-corrected chi connectivity index (χ2v) is 6.52. The van der Waals surface area contributed by atoms with Crippen molar-refractivity contribution in [3.05, 3.63) is 86.0 Å². The molecule has 0 aromatic heterocycles. The Morgan fingerprint density at radius 2 is 1.81 bits per heavy atom. The molecule has 0 saturated carbocycles. The fourth-order valence-corrected chi connectivity index (χ4v) is 2.77. The molecule has 10 nitrogen and oxygen atoms in total. The lowest BCUT2D eigenvalue weighted by Crippen LogP contribution is -1.99. The van der Waals surface area contributed by atoms with Crippen molar-refractivity contribution in [2.75, 3.05) is 12.4 Å². The fourth-order valence-electron chi connectivity index (χ4n) is 2.77. The maximum atomic E-state index is 11.3. The van der Waals surface area contributed by atoms with Gasteiger partial charge in [-0.1, -0.05) is 6.07 Å². The minimum absolute atomic E-state index is 0.0398. The molecule has 0 fully saturated rings. The number of aliphatic imine (C=N–C) groups is 1. The maximum Gasteiger partial charge on any atom is 0.299 e. The van der Waals surface area contributed by atoms with Gasteiger partial charge in [-0.25, -0.2) is 0 Å². The maximum absolute atomic E-state index is 11.3. The average Bonchev–Trinajstić information content (AvgIpc) is 2.75. The summed E-state index contributed by atoms with van der Waals surface area (Å²) in [7, 11) is 1.52. The highest BCUT2D eigenvalue weighted by atomic mass is 16.6. The molecule has 0 radical (unpaired) electrons. The van der Waals surface area contributed by atoms with Crippen LogP contribution in [0.5, 0.6) is 11.5 Å². The van der Waals surface area contributed by atoms with Crippen molar-refractivity contribution in [3.63, 3.8) is 0 Å². The number of nitro benzene ring substituents is 2. The first-order chi connectivity index (χ1) is 14.8. The predicted octanol–water partition coefficient (Wildman–Crippen LogP) is 5.02. The Bertz CT molecular complexity index is 1190. The number of phenols is 1. The Morgan fingerprint density at radius 3 is 2.48 bits per heavy atom. The van der Waals surface area contributed by atoms with E-state index in [4.69, 9.17) is 4.74 Å². The van der Waals surface area contributed by atoms with Gasteiger partial charge in [-0.2, -0.15) is 0 Å². The number of non-ortho nitro benzene ring substituents is 1. The molecule has 3 aromatic rings. The normalized spacial score (nSPS) is 10.8. The van der Waals surface area contributed by atoms with Gasteiger partial charge in [0.25, 0.3) is 11.4 Å². The molecule has 0 saturated heterocycles. The van der Waals surface area contributed by atoms with Crippen LogP contribution in [0.15, 0.2) is 59.6 Å². The van der Waals surface area contributed by atoms with Crippen LogP contribution in [0.3, 0.4) is 0 Å². The lowest BCUT2D eigenvalue weighted by Gasteiger charge is -2.09. The molecule has 0 unspecified atom stereocenters. The van der Waals surface area contributed by atoms with Gasteiger partial charge in [-0.05, 0) is 48.9 Å². The third kappa shape index (κ3) is 4.93. The smallest absolute Gasteiger partial charge is 0.299 e. The highest BCUT2D eigenvalue weighted by Gasteiger charge is 2.19. The summed E-state index contributed by atoms with van der Waals surface area (Å²) < 4.78 is 5.14. The summed E-state index contributed by atoms with van der Waals surface area (Å²) in [6.07, 6.45) is 1.48. The number of nitrogens with zero attached hydrogens (tertiary/aromatic N) is 3. The lowest BCUT2D eigenvalue weighted by atomic mass is 10.1. The zero-order valence-corrected chi connectivity index (χ0v) is 16.6. The van der Waals surface area contributed by atoms with Gasteiger partial charge in [0, 0.05) is 23.5 Å². The predicted molar refractivity (Wildman–Crippen MR) is 116 cm³/mol. The molecule has 0 aliphatic carbocycles. The standard InChI is InChI=1S/C21H18N4O6/c1-13-3-4-15(23-18-7-5-16(24(27)28)11-20(18)25(29)30)10-19(13)22-12-14-9-17(31-2)6-8-21(14)26/h3-12,23,26H,1-2H3. The van der Waals surface area contributed by atoms with Crippen LogP contribution in [0.2, 0.25) is 0 Å². The van der Waals surface area contributed by atoms with E-state index in [0.29, 0.717) is 22.7 Å². The molecule has 0 bridgehead atoms. The van der Waals surface area contributed by atoms with Gasteiger partial charge in [0.2, 0.25) is 0 Å². The summed E-state index contributed by atoms with van der Waals surface area (Å²) in [5.74, 6) is 0.606. The van der Waals surface area contributed by atoms with Gasteiger partial charge < -0.3 is 15.2 Å². The summed E-state index contributed by atoms with van der Waals surface area (Å²) in [4.78, 5) is 25.3. The van der Waals surface area contributed by atoms with E-state index in [1.165, 1.54) is 31.5 Å². The van der Waals surface area contributed by atoms with Gasteiger partial charge in [-0.3, -0.25) is 25.2 Å². The monoisotopic (exact) mass is 422 g/mol. The molecule has 2 N–H and O–H groups in total. The zero-order chi connectivity index (χ0) is 22.5. The number of rotatable bonds is 7. The van der Waals surface area contributed by atoms with Crippen LogP contribution in [-0.2, 0) is 0 Å². The highest BCUT2D eigenvalue weighted by molar-refractivity contribution is 5.86. The first kappa shape index (κ1) is 21.2. The number of hydrogen-bond acceptors (Lipinski definition) is 8. The number of hydrogen-bond donors (Lipinski definition) is 2. The Hall–Kier alpha value is -4.47. The van der Waals surface area contributed by atoms with Crippen molar-refractivity contribution in [2.45, 2.75) is 6.92 Å². The Kier molecular flexibility index (Phi) is 6.10. The van der Waals surface area contributed by atoms with Gasteiger partial charge >= 0.3 is 0 Å². The van der Waals surface area contributed by atoms with Crippen LogP contribution in [-0.4, -0.2) is 28.3 Å². The summed E-state index contributed by atoms with van der Waals surface area (Å²) in [5.41, 5.74) is 1.69. The molecule has 3 aromatic carbocycles. The molecule has 0 atom stereocenters. The topological polar surface area (TPSA) is 140 Å². The van der Waals surface area contributed by atoms with Gasteiger partial charge in [0.1, 0.15) is 17.2 Å². The van der Waals surface area contributed by atoms with E-state index in [1.54, 1.807) is 30.3 Å². The number of phenolic OH excluding ortho intramolecular Hbond substituents is 1. The fraction of sp³-hybridized carbons (Fsp3) is 0.0952. The quantitative estimate of drug-likeness (QED) is 0.309. The van der Waals surface area contributed by atoms with Crippen LogP contribution < -0.4 is 10.1 Å². The van der Waals surface area contributed by atoms with E-state index in [9.17, 15) is 25.3 Å². The molecule has 0 aliphatic rings. The van der Waals surface area contributed by atoms with Gasteiger partial charge in [0.15, 0.2) is 0 Å². The highest BCUT2D eigenvalue weighted by Crippen LogP contribution is 2.33. The molecule has 158 valence electrons. The number of aromatic hydroxyl groups is 1. The van der Waals surface area contributed by atoms with Crippen molar-refractivity contribution in [1.82, 2.24) is 0 Å². The van der Waals surface area contributed by atoms with E-state index in [2.05, 4.69) is 10.3 Å². The summed E-state index contributed by atoms with van der Waals surface area (Å²) >= 11 is 0. The van der Waals surface area contributed by atoms with Crippen LogP contribution in [0.1, 0.15) is 11.1 Å². The minimum atomic E-state index is -0.691. The van der Waals surface area contributed by atoms with E-state index >= 15 is 0 Å². The van der Waals surface area contributed by atoms with Gasteiger partial charge in [0.05, 0.1) is 28.7 Å². The van der Waals surface area contributed by atoms with Crippen molar-refractivity contribution < 1.29 is 19.7 Å². The molecule has 0 heterocycles. The Balaban J connectivity index is 1.92. The first-order valence-electron chi connectivity index (χ1n) is 9.00. The molecule has 31 heavy (non-hydrogen) atoms. The number of nitro groups is 2. The number of nitrogens with one attached hydrogen (secondary N) is 1. The number of aryl methyl sites for hydroxylation is 1. The molecule has 0 aliphatic heterocycles. The van der Waals surface area contributed by atoms with Crippen molar-refractivity contribution in [2.24, 2.45) is 4.99 Å². The minimum Gasteiger partial charge on any atom is -0.507 e. The lowest BCUT2D eigenvalue weighted by molar-refractivity contribution is -0.393. The van der Waals surface area contributed by atoms with E-state index in [0.717, 1.165) is 11.6 Å². The second-order valence-electron chi connectivity index (χ2n) is 6.52. The third-order valence-corrected chi connectivity index (χ3v) is 4.45. The van der Waals surface area contributed by atoms with Crippen LogP contribution in [0.25, 0.3) is 0 Å². The van der Waals surface area contributed by atoms with E-state index in [-0.39, 0.29) is 17.1 Å². The molecule has 10 heteroatoms. The largest absolute Gasteiger partial charge is 0.507 e. The number of anilines is 2. The number of methoxy groups -OCH3 is 1. The van der Waals surface area contributed by atoms with Crippen molar-refractivity contribution >= 4 is 34.7 Å². The molecular formula is C21H18N4O6. The summed E-state index contributed by atoms with van der Waals surface area (Å²) in [6.45, 7) is 1.84. The SMILES string of the molecule is COc1ccc(O)c(C=Nc2cc(Nc3ccc([N+](=O)[O-])cc3[N+](=O)[O-])ccc2C)c1. The first-order valence-corrected chi connectivity index (χ1v) is 9.00. The molecule has 3 rings (SSSR count). The van der Waals surface area contributed by atoms with E-state index in [1.807, 2.05) is 6.92 Å². The molecule has 0 amide bonds. The zero-order valence-electron chi connectivity index (χ0n) is 16.6. The average molecular weight is 422 g/mol. The van der Waals surface area contributed by atoms with Crippen LogP contribution in [0.4, 0.5) is 28.4 Å². The second kappa shape index (κ2) is 8.91. The molecule has 0 spiro atoms. The van der Waals surface area contributed by atoms with Crippen molar-refractivity contribution in [1.29, 1.82) is 0 Å². The van der Waals surface area contributed by atoms with Crippen LogP contribution in [0, 0.1) is 27.2 Å². The molecular weight excluding hydrogens is 404 g/mol. The van der Waals surface area contributed by atoms with Crippen LogP contribution >= 0.6 is 0 Å². The summed E-state index contributed by atoms with van der Waals surface area (Å²) in [5, 5.41) is 35.1.